The van der Waals surface area contributed by atoms with E-state index < -0.39 is 24.2 Å². The summed E-state index contributed by atoms with van der Waals surface area (Å²) in [6, 6.07) is 16.4. The molecule has 7 nitrogen and oxygen atoms in total. The van der Waals surface area contributed by atoms with Gasteiger partial charge in [0.15, 0.2) is 0 Å². The number of benzene rings is 2. The second-order valence-corrected chi connectivity index (χ2v) is 9.33. The molecule has 1 fully saturated rings. The van der Waals surface area contributed by atoms with Crippen molar-refractivity contribution in [2.75, 3.05) is 19.7 Å². The van der Waals surface area contributed by atoms with Crippen LogP contribution in [-0.4, -0.2) is 64.9 Å². The number of hydrogen-bond donors (Lipinski definition) is 3. The van der Waals surface area contributed by atoms with Crippen molar-refractivity contribution < 1.29 is 24.5 Å². The Morgan fingerprint density at radius 2 is 1.79 bits per heavy atom. The summed E-state index contributed by atoms with van der Waals surface area (Å²) in [4.78, 5) is 28.4. The third-order valence-electron chi connectivity index (χ3n) is 6.91. The highest BCUT2D eigenvalue weighted by atomic mass is 16.5. The van der Waals surface area contributed by atoms with Crippen LogP contribution in [-0.2, 0) is 16.0 Å². The molecule has 2 amide bonds. The third-order valence-corrected chi connectivity index (χ3v) is 6.91. The molecule has 0 spiro atoms. The van der Waals surface area contributed by atoms with Crippen molar-refractivity contribution in [3.05, 3.63) is 77.4 Å². The molecule has 1 saturated carbocycles. The fourth-order valence-corrected chi connectivity index (χ4v) is 5.03. The molecule has 34 heavy (non-hydrogen) atoms. The van der Waals surface area contributed by atoms with Crippen LogP contribution < -0.4 is 10.1 Å². The minimum absolute atomic E-state index is 0.0810. The van der Waals surface area contributed by atoms with Gasteiger partial charge in [-0.3, -0.25) is 9.59 Å². The molecule has 2 aliphatic carbocycles. The number of hydrogen-bond acceptors (Lipinski definition) is 5. The van der Waals surface area contributed by atoms with Gasteiger partial charge in [0.1, 0.15) is 18.0 Å². The lowest BCUT2D eigenvalue weighted by Gasteiger charge is -2.41. The van der Waals surface area contributed by atoms with Gasteiger partial charge in [-0.15, -0.1) is 0 Å². The summed E-state index contributed by atoms with van der Waals surface area (Å²) in [5.74, 6) is 0.215. The maximum atomic E-state index is 13.5. The van der Waals surface area contributed by atoms with Crippen LogP contribution in [0.3, 0.4) is 0 Å². The highest BCUT2D eigenvalue weighted by Gasteiger charge is 2.50. The van der Waals surface area contributed by atoms with E-state index in [1.54, 1.807) is 11.0 Å². The van der Waals surface area contributed by atoms with Crippen LogP contribution in [0.2, 0.25) is 0 Å². The maximum absolute atomic E-state index is 13.5. The molecule has 0 aromatic heterocycles. The summed E-state index contributed by atoms with van der Waals surface area (Å²) in [7, 11) is 0. The number of para-hydroxylation sites is 1. The van der Waals surface area contributed by atoms with Crippen LogP contribution >= 0.6 is 0 Å². The van der Waals surface area contributed by atoms with E-state index in [1.165, 1.54) is 0 Å². The zero-order valence-electron chi connectivity index (χ0n) is 19.0. The zero-order valence-corrected chi connectivity index (χ0v) is 19.0. The number of ether oxygens (including phenoxy) is 1. The fraction of sp³-hybridized carbons (Fsp3) is 0.407. The Morgan fingerprint density at radius 3 is 2.53 bits per heavy atom. The quantitative estimate of drug-likeness (QED) is 0.556. The molecule has 0 radical (unpaired) electrons. The molecule has 3 aliphatic rings. The van der Waals surface area contributed by atoms with Gasteiger partial charge in [-0.25, -0.2) is 0 Å². The van der Waals surface area contributed by atoms with Gasteiger partial charge in [0.2, 0.25) is 11.8 Å². The van der Waals surface area contributed by atoms with E-state index in [1.807, 2.05) is 54.6 Å². The lowest BCUT2D eigenvalue weighted by Crippen LogP contribution is -2.56. The minimum Gasteiger partial charge on any atom is -0.486 e. The van der Waals surface area contributed by atoms with Crippen LogP contribution in [0.1, 0.15) is 29.9 Å². The first kappa shape index (κ1) is 22.6. The van der Waals surface area contributed by atoms with Gasteiger partial charge in [-0.05, 0) is 36.5 Å². The van der Waals surface area contributed by atoms with Crippen LogP contribution in [0.5, 0.6) is 5.75 Å². The van der Waals surface area contributed by atoms with Gasteiger partial charge >= 0.3 is 0 Å². The van der Waals surface area contributed by atoms with E-state index in [0.717, 1.165) is 24.0 Å². The summed E-state index contributed by atoms with van der Waals surface area (Å²) in [6.07, 6.45) is 2.43. The van der Waals surface area contributed by atoms with Crippen molar-refractivity contribution in [3.63, 3.8) is 0 Å². The van der Waals surface area contributed by atoms with E-state index in [0.29, 0.717) is 23.8 Å². The third kappa shape index (κ3) is 4.45. The molecule has 2 aromatic rings. The Balaban J connectivity index is 1.50. The average molecular weight is 463 g/mol. The molecule has 178 valence electrons. The van der Waals surface area contributed by atoms with Crippen LogP contribution in [0.15, 0.2) is 66.2 Å². The summed E-state index contributed by atoms with van der Waals surface area (Å²) >= 11 is 0. The van der Waals surface area contributed by atoms with Crippen molar-refractivity contribution >= 4 is 11.8 Å². The van der Waals surface area contributed by atoms with E-state index in [-0.39, 0.29) is 31.4 Å². The first-order chi connectivity index (χ1) is 16.6. The molecule has 4 unspecified atom stereocenters. The van der Waals surface area contributed by atoms with Crippen molar-refractivity contribution in [3.8, 4) is 5.75 Å². The van der Waals surface area contributed by atoms with Gasteiger partial charge in [-0.1, -0.05) is 48.5 Å². The van der Waals surface area contributed by atoms with Crippen molar-refractivity contribution in [2.45, 2.75) is 43.4 Å². The van der Waals surface area contributed by atoms with Crippen molar-refractivity contribution in [2.24, 2.45) is 5.92 Å². The molecule has 1 heterocycles. The van der Waals surface area contributed by atoms with Gasteiger partial charge < -0.3 is 25.2 Å². The lowest BCUT2D eigenvalue weighted by molar-refractivity contribution is -0.136. The summed E-state index contributed by atoms with van der Waals surface area (Å²) in [5, 5.41) is 23.4. The first-order valence-corrected chi connectivity index (χ1v) is 11.9. The Bertz CT molecular complexity index is 1080. The Morgan fingerprint density at radius 1 is 1.06 bits per heavy atom. The van der Waals surface area contributed by atoms with Crippen LogP contribution in [0.25, 0.3) is 0 Å². The molecule has 2 aromatic carbocycles. The van der Waals surface area contributed by atoms with E-state index in [9.17, 15) is 19.8 Å². The Kier molecular flexibility index (Phi) is 6.39. The second-order valence-electron chi connectivity index (χ2n) is 9.33. The number of aliphatic hydroxyl groups is 2. The molecule has 0 bridgehead atoms. The number of nitrogens with zero attached hydrogens (tertiary/aromatic N) is 1. The smallest absolute Gasteiger partial charge is 0.247 e. The summed E-state index contributed by atoms with van der Waals surface area (Å²) in [5.41, 5.74) is 2.22. The minimum atomic E-state index is -0.981. The van der Waals surface area contributed by atoms with Gasteiger partial charge in [-0.2, -0.15) is 0 Å². The highest BCUT2D eigenvalue weighted by Crippen LogP contribution is 2.47. The topological polar surface area (TPSA) is 99.1 Å². The molecular formula is C27H30N2O5. The summed E-state index contributed by atoms with van der Waals surface area (Å²) < 4.78 is 6.15. The molecule has 3 N–H and O–H groups in total. The monoisotopic (exact) mass is 462 g/mol. The molecule has 0 saturated heterocycles. The number of rotatable bonds is 8. The number of carbonyl (C=O) groups excluding carboxylic acids is 2. The number of aliphatic hydroxyl groups excluding tert-OH is 2. The standard InChI is InChI=1S/C27H30N2O5/c30-13-12-28-27(33)20-15-21(25(32)26-24(20)19-8-4-5-9-22(19)34-26)29(16-18-10-11-18)23(31)14-17-6-2-1-3-7-17/h1-9,15,18,21,24-26,30,32H,10-14,16H2,(H,28,33). The van der Waals surface area contributed by atoms with E-state index in [2.05, 4.69) is 5.32 Å². The summed E-state index contributed by atoms with van der Waals surface area (Å²) in [6.45, 7) is 0.497. The Labute approximate surface area is 199 Å². The number of carbonyl (C=O) groups is 2. The lowest BCUT2D eigenvalue weighted by atomic mass is 9.77. The maximum Gasteiger partial charge on any atom is 0.247 e. The molecule has 1 aliphatic heterocycles. The van der Waals surface area contributed by atoms with Crippen LogP contribution in [0.4, 0.5) is 0 Å². The number of nitrogens with one attached hydrogen (secondary N) is 1. The molecule has 5 rings (SSSR count). The molecule has 7 heteroatoms. The fourth-order valence-electron chi connectivity index (χ4n) is 5.03. The number of fused-ring (bicyclic) bond motifs is 3. The van der Waals surface area contributed by atoms with E-state index in [4.69, 9.17) is 4.74 Å². The normalized spacial score (nSPS) is 24.9. The highest BCUT2D eigenvalue weighted by molar-refractivity contribution is 5.96. The van der Waals surface area contributed by atoms with Gasteiger partial charge in [0, 0.05) is 24.2 Å². The largest absolute Gasteiger partial charge is 0.486 e. The molecule has 4 atom stereocenters. The second kappa shape index (κ2) is 9.60. The predicted octanol–water partition coefficient (Wildman–Crippen LogP) is 1.79. The number of amides is 2. The SMILES string of the molecule is O=C(NCCO)C1=CC(N(CC2CC2)C(=O)Cc2ccccc2)C(O)C2Oc3ccccc3C12. The van der Waals surface area contributed by atoms with Gasteiger partial charge in [0.05, 0.1) is 25.0 Å². The van der Waals surface area contributed by atoms with E-state index >= 15 is 0 Å². The zero-order chi connectivity index (χ0) is 23.7. The van der Waals surface area contributed by atoms with Crippen molar-refractivity contribution in [1.82, 2.24) is 10.2 Å². The average Bonchev–Trinajstić information content (AvgIpc) is 3.59. The van der Waals surface area contributed by atoms with Crippen molar-refractivity contribution in [1.29, 1.82) is 0 Å². The van der Waals surface area contributed by atoms with Crippen LogP contribution in [0, 0.1) is 5.92 Å². The Hall–Kier alpha value is -3.16. The predicted molar refractivity (Wildman–Crippen MR) is 126 cm³/mol. The molecular weight excluding hydrogens is 432 g/mol. The van der Waals surface area contributed by atoms with Gasteiger partial charge in [0.25, 0.3) is 0 Å². The first-order valence-electron chi connectivity index (χ1n) is 11.9.